The molecular weight excluding hydrogens is 307 g/mol. The minimum absolute atomic E-state index is 0.0675. The molecule has 0 aliphatic heterocycles. The van der Waals surface area contributed by atoms with E-state index in [1.54, 1.807) is 18.2 Å². The molecule has 130 valence electrons. The molecule has 2 aromatic carbocycles. The second kappa shape index (κ2) is 8.78. The molecule has 0 bridgehead atoms. The van der Waals surface area contributed by atoms with Crippen LogP contribution in [0, 0.1) is 5.82 Å². The highest BCUT2D eigenvalue weighted by atomic mass is 19.1. The molecule has 2 unspecified atom stereocenters. The lowest BCUT2D eigenvalue weighted by Gasteiger charge is -2.20. The summed E-state index contributed by atoms with van der Waals surface area (Å²) < 4.78 is 19.8. The third-order valence-corrected chi connectivity index (χ3v) is 3.66. The Balaban J connectivity index is 1.95. The summed E-state index contributed by atoms with van der Waals surface area (Å²) in [5.41, 5.74) is 0.810. The Bertz CT molecular complexity index is 635. The van der Waals surface area contributed by atoms with Crippen molar-refractivity contribution in [2.45, 2.75) is 19.1 Å². The Labute approximate surface area is 142 Å². The quantitative estimate of drug-likeness (QED) is 0.779. The second-order valence-corrected chi connectivity index (χ2v) is 6.15. The van der Waals surface area contributed by atoms with Gasteiger partial charge in [0.15, 0.2) is 11.6 Å². The van der Waals surface area contributed by atoms with Gasteiger partial charge < -0.3 is 20.1 Å². The topological polar surface area (TPSA) is 44.7 Å². The first-order valence-electron chi connectivity index (χ1n) is 8.04. The minimum atomic E-state index is -0.465. The summed E-state index contributed by atoms with van der Waals surface area (Å²) in [5.74, 6) is 0.394. The molecule has 2 atom stereocenters. The first-order valence-corrected chi connectivity index (χ1v) is 8.04. The maximum atomic E-state index is 14.3. The number of hydrogen-bond acceptors (Lipinski definition) is 4. The van der Waals surface area contributed by atoms with Crippen molar-refractivity contribution in [1.82, 2.24) is 10.2 Å². The number of benzene rings is 2. The summed E-state index contributed by atoms with van der Waals surface area (Å²) in [6.45, 7) is 2.97. The van der Waals surface area contributed by atoms with Gasteiger partial charge in [-0.05, 0) is 50.8 Å². The summed E-state index contributed by atoms with van der Waals surface area (Å²) in [5, 5.41) is 13.1. The molecule has 0 radical (unpaired) electrons. The second-order valence-electron chi connectivity index (χ2n) is 6.15. The zero-order valence-electron chi connectivity index (χ0n) is 14.4. The van der Waals surface area contributed by atoms with Crippen molar-refractivity contribution in [2.75, 3.05) is 27.2 Å². The highest BCUT2D eigenvalue weighted by molar-refractivity contribution is 5.35. The summed E-state index contributed by atoms with van der Waals surface area (Å²) in [6.07, 6.45) is -0.465. The summed E-state index contributed by atoms with van der Waals surface area (Å²) in [6, 6.07) is 14.0. The van der Waals surface area contributed by atoms with Gasteiger partial charge in [0.2, 0.25) is 0 Å². The molecule has 0 heterocycles. The minimum Gasteiger partial charge on any atom is -0.454 e. The lowest BCUT2D eigenvalue weighted by atomic mass is 10.1. The highest BCUT2D eigenvalue weighted by Crippen LogP contribution is 2.26. The maximum Gasteiger partial charge on any atom is 0.166 e. The fourth-order valence-electron chi connectivity index (χ4n) is 2.40. The Morgan fingerprint density at radius 3 is 2.50 bits per heavy atom. The Morgan fingerprint density at radius 2 is 1.88 bits per heavy atom. The van der Waals surface area contributed by atoms with Crippen LogP contribution < -0.4 is 10.1 Å². The number of aliphatic hydroxyl groups excluding tert-OH is 1. The van der Waals surface area contributed by atoms with Crippen LogP contribution in [0.2, 0.25) is 0 Å². The molecule has 5 heteroatoms. The van der Waals surface area contributed by atoms with E-state index in [1.165, 1.54) is 6.07 Å². The van der Waals surface area contributed by atoms with Crippen LogP contribution in [0.3, 0.4) is 0 Å². The average Bonchev–Trinajstić information content (AvgIpc) is 2.55. The van der Waals surface area contributed by atoms with Gasteiger partial charge in [0.1, 0.15) is 5.75 Å². The van der Waals surface area contributed by atoms with Crippen LogP contribution >= 0.6 is 0 Å². The van der Waals surface area contributed by atoms with Crippen LogP contribution in [0.15, 0.2) is 48.5 Å². The van der Waals surface area contributed by atoms with Gasteiger partial charge in [-0.2, -0.15) is 0 Å². The van der Waals surface area contributed by atoms with Crippen molar-refractivity contribution in [3.63, 3.8) is 0 Å². The van der Waals surface area contributed by atoms with Crippen molar-refractivity contribution in [2.24, 2.45) is 0 Å². The van der Waals surface area contributed by atoms with E-state index >= 15 is 0 Å². The van der Waals surface area contributed by atoms with Crippen LogP contribution in [-0.2, 0) is 0 Å². The number of hydrogen-bond donors (Lipinski definition) is 2. The molecule has 0 saturated carbocycles. The number of aliphatic hydroxyl groups is 1. The lowest BCUT2D eigenvalue weighted by Crippen LogP contribution is -2.36. The van der Waals surface area contributed by atoms with E-state index in [-0.39, 0.29) is 11.8 Å². The van der Waals surface area contributed by atoms with E-state index in [4.69, 9.17) is 4.74 Å². The molecule has 0 aromatic heterocycles. The van der Waals surface area contributed by atoms with Crippen LogP contribution in [0.25, 0.3) is 0 Å². The zero-order valence-corrected chi connectivity index (χ0v) is 14.4. The molecule has 2 rings (SSSR count). The molecule has 4 nitrogen and oxygen atoms in total. The van der Waals surface area contributed by atoms with Crippen molar-refractivity contribution in [3.8, 4) is 11.5 Å². The zero-order chi connectivity index (χ0) is 17.5. The number of nitrogens with zero attached hydrogens (tertiary/aromatic N) is 1. The molecule has 0 spiro atoms. The Morgan fingerprint density at radius 1 is 1.17 bits per heavy atom. The van der Waals surface area contributed by atoms with Crippen molar-refractivity contribution >= 4 is 0 Å². The third kappa shape index (κ3) is 5.60. The van der Waals surface area contributed by atoms with Gasteiger partial charge in [0, 0.05) is 19.1 Å². The van der Waals surface area contributed by atoms with Crippen LogP contribution in [0.4, 0.5) is 4.39 Å². The van der Waals surface area contributed by atoms with Gasteiger partial charge in [0.05, 0.1) is 6.10 Å². The molecule has 0 amide bonds. The van der Waals surface area contributed by atoms with E-state index in [1.807, 2.05) is 50.2 Å². The number of para-hydroxylation sites is 1. The Kier molecular flexibility index (Phi) is 6.73. The molecule has 2 N–H and O–H groups in total. The third-order valence-electron chi connectivity index (χ3n) is 3.66. The molecule has 0 aliphatic rings. The van der Waals surface area contributed by atoms with Crippen molar-refractivity contribution in [3.05, 3.63) is 59.9 Å². The number of nitrogens with one attached hydrogen (secondary N) is 1. The van der Waals surface area contributed by atoms with Gasteiger partial charge in [-0.15, -0.1) is 0 Å². The largest absolute Gasteiger partial charge is 0.454 e. The highest BCUT2D eigenvalue weighted by Gasteiger charge is 2.12. The van der Waals surface area contributed by atoms with Gasteiger partial charge in [-0.1, -0.05) is 24.3 Å². The smallest absolute Gasteiger partial charge is 0.166 e. The lowest BCUT2D eigenvalue weighted by molar-refractivity contribution is 0.132. The number of likely N-dealkylation sites (N-methyl/N-ethyl adjacent to an activating group) is 1. The average molecular weight is 332 g/mol. The number of halogens is 1. The van der Waals surface area contributed by atoms with Gasteiger partial charge in [-0.25, -0.2) is 4.39 Å². The van der Waals surface area contributed by atoms with E-state index in [2.05, 4.69) is 5.32 Å². The molecule has 24 heavy (non-hydrogen) atoms. The van der Waals surface area contributed by atoms with Gasteiger partial charge in [0.25, 0.3) is 0 Å². The van der Waals surface area contributed by atoms with Crippen LogP contribution in [0.5, 0.6) is 11.5 Å². The van der Waals surface area contributed by atoms with Crippen LogP contribution in [0.1, 0.15) is 18.5 Å². The maximum absolute atomic E-state index is 14.3. The van der Waals surface area contributed by atoms with E-state index in [0.29, 0.717) is 18.8 Å². The molecule has 0 aliphatic carbocycles. The Hall–Kier alpha value is -1.95. The van der Waals surface area contributed by atoms with Crippen LogP contribution in [-0.4, -0.2) is 43.3 Å². The molecule has 0 saturated heterocycles. The fourth-order valence-corrected chi connectivity index (χ4v) is 2.40. The van der Waals surface area contributed by atoms with Gasteiger partial charge >= 0.3 is 0 Å². The number of rotatable bonds is 8. The van der Waals surface area contributed by atoms with E-state index < -0.39 is 11.9 Å². The first-order chi connectivity index (χ1) is 11.5. The van der Waals surface area contributed by atoms with E-state index in [9.17, 15) is 9.50 Å². The number of ether oxygens (including phenoxy) is 1. The molecular formula is C19H25FN2O2. The standard InChI is InChI=1S/C19H25FN2O2/c1-14(21-12-16(23)13-22(2)3)15-9-10-19(18(20)11-15)24-17-7-5-4-6-8-17/h4-11,14,16,21,23H,12-13H2,1-3H3. The predicted molar refractivity (Wildman–Crippen MR) is 93.9 cm³/mol. The summed E-state index contributed by atoms with van der Waals surface area (Å²) in [7, 11) is 3.82. The molecule has 2 aromatic rings. The van der Waals surface area contributed by atoms with Crippen molar-refractivity contribution < 1.29 is 14.2 Å². The monoisotopic (exact) mass is 332 g/mol. The SMILES string of the molecule is CC(NCC(O)CN(C)C)c1ccc(Oc2ccccc2)c(F)c1. The first kappa shape index (κ1) is 18.4. The van der Waals surface area contributed by atoms with E-state index in [0.717, 1.165) is 5.56 Å². The fraction of sp³-hybridized carbons (Fsp3) is 0.368. The van der Waals surface area contributed by atoms with Gasteiger partial charge in [-0.3, -0.25) is 0 Å². The summed E-state index contributed by atoms with van der Waals surface area (Å²) >= 11 is 0. The molecule has 0 fully saturated rings. The normalized spacial score (nSPS) is 13.8. The van der Waals surface area contributed by atoms with Crippen molar-refractivity contribution in [1.29, 1.82) is 0 Å². The predicted octanol–water partition coefficient (Wildman–Crippen LogP) is 3.19. The summed E-state index contributed by atoms with van der Waals surface area (Å²) in [4.78, 5) is 1.92.